The van der Waals surface area contributed by atoms with Gasteiger partial charge in [-0.15, -0.1) is 0 Å². The van der Waals surface area contributed by atoms with Crippen LogP contribution in [0.15, 0.2) is 45.3 Å². The predicted octanol–water partition coefficient (Wildman–Crippen LogP) is 4.70. The number of halogens is 2. The highest BCUT2D eigenvalue weighted by Crippen LogP contribution is 2.42. The van der Waals surface area contributed by atoms with E-state index in [0.717, 1.165) is 20.3 Å². The van der Waals surface area contributed by atoms with Crippen molar-refractivity contribution in [1.82, 2.24) is 0 Å². The Hall–Kier alpha value is -0.840. The first-order valence-corrected chi connectivity index (χ1v) is 8.09. The summed E-state index contributed by atoms with van der Waals surface area (Å²) in [5.74, 6) is 1.15. The van der Waals surface area contributed by atoms with Crippen molar-refractivity contribution in [3.63, 3.8) is 0 Å². The Balaban J connectivity index is 1.98. The number of rotatable bonds is 2. The monoisotopic (exact) mass is 395 g/mol. The Kier molecular flexibility index (Phi) is 3.89. The topological polar surface area (TPSA) is 35.2 Å². The van der Waals surface area contributed by atoms with Crippen LogP contribution in [0, 0.1) is 6.92 Å². The first-order chi connectivity index (χ1) is 9.58. The molecule has 2 atom stereocenters. The van der Waals surface area contributed by atoms with Crippen LogP contribution in [0.2, 0.25) is 0 Å². The molecule has 2 aromatic rings. The zero-order valence-corrected chi connectivity index (χ0v) is 14.2. The zero-order valence-electron chi connectivity index (χ0n) is 11.1. The Morgan fingerprint density at radius 3 is 2.75 bits per heavy atom. The summed E-state index contributed by atoms with van der Waals surface area (Å²) in [6, 6.07) is 12.2. The molecule has 0 aromatic heterocycles. The Morgan fingerprint density at radius 2 is 1.95 bits per heavy atom. The van der Waals surface area contributed by atoms with Gasteiger partial charge in [0.1, 0.15) is 5.75 Å². The predicted molar refractivity (Wildman–Crippen MR) is 88.2 cm³/mol. The molecule has 0 saturated carbocycles. The molecule has 2 unspecified atom stereocenters. The van der Waals surface area contributed by atoms with E-state index in [9.17, 15) is 0 Å². The molecule has 0 spiro atoms. The lowest BCUT2D eigenvalue weighted by Crippen LogP contribution is -2.21. The SMILES string of the molecule is Cc1cc(Br)c(C(N)C2COc3ccccc32)cc1Br. The van der Waals surface area contributed by atoms with Crippen molar-refractivity contribution in [2.45, 2.75) is 18.9 Å². The Labute approximate surface area is 135 Å². The second-order valence-corrected chi connectivity index (χ2v) is 6.81. The van der Waals surface area contributed by atoms with E-state index in [1.165, 1.54) is 11.1 Å². The molecule has 2 nitrogen and oxygen atoms in total. The number of para-hydroxylation sites is 1. The molecule has 4 heteroatoms. The lowest BCUT2D eigenvalue weighted by molar-refractivity contribution is 0.315. The van der Waals surface area contributed by atoms with Crippen molar-refractivity contribution in [1.29, 1.82) is 0 Å². The van der Waals surface area contributed by atoms with Crippen LogP contribution in [-0.2, 0) is 0 Å². The maximum absolute atomic E-state index is 6.50. The van der Waals surface area contributed by atoms with Crippen LogP contribution in [0.25, 0.3) is 0 Å². The number of fused-ring (bicyclic) bond motifs is 1. The highest BCUT2D eigenvalue weighted by molar-refractivity contribution is 9.11. The first kappa shape index (κ1) is 14.1. The van der Waals surface area contributed by atoms with E-state index in [4.69, 9.17) is 10.5 Å². The van der Waals surface area contributed by atoms with E-state index in [1.54, 1.807) is 0 Å². The molecule has 0 saturated heterocycles. The van der Waals surface area contributed by atoms with Crippen molar-refractivity contribution < 1.29 is 4.74 Å². The molecule has 3 rings (SSSR count). The Morgan fingerprint density at radius 1 is 1.20 bits per heavy atom. The van der Waals surface area contributed by atoms with Gasteiger partial charge in [-0.25, -0.2) is 0 Å². The number of ether oxygens (including phenoxy) is 1. The minimum atomic E-state index is -0.0927. The summed E-state index contributed by atoms with van der Waals surface area (Å²) >= 11 is 7.21. The molecule has 1 aliphatic heterocycles. The smallest absolute Gasteiger partial charge is 0.122 e. The number of hydrogen-bond acceptors (Lipinski definition) is 2. The van der Waals surface area contributed by atoms with Gasteiger partial charge in [0.2, 0.25) is 0 Å². The van der Waals surface area contributed by atoms with Crippen LogP contribution in [0.1, 0.15) is 28.7 Å². The van der Waals surface area contributed by atoms with E-state index in [0.29, 0.717) is 6.61 Å². The molecule has 2 aromatic carbocycles. The van der Waals surface area contributed by atoms with Crippen LogP contribution < -0.4 is 10.5 Å². The van der Waals surface area contributed by atoms with Crippen molar-refractivity contribution in [3.05, 3.63) is 62.0 Å². The van der Waals surface area contributed by atoms with Gasteiger partial charge < -0.3 is 10.5 Å². The molecule has 0 amide bonds. The lowest BCUT2D eigenvalue weighted by Gasteiger charge is -2.21. The summed E-state index contributed by atoms with van der Waals surface area (Å²) in [4.78, 5) is 0. The molecule has 0 aliphatic carbocycles. The minimum Gasteiger partial charge on any atom is -0.493 e. The molecule has 0 fully saturated rings. The fraction of sp³-hybridized carbons (Fsp3) is 0.250. The van der Waals surface area contributed by atoms with E-state index < -0.39 is 0 Å². The van der Waals surface area contributed by atoms with Crippen LogP contribution >= 0.6 is 31.9 Å². The molecule has 0 radical (unpaired) electrons. The minimum absolute atomic E-state index is 0.0927. The van der Waals surface area contributed by atoms with Gasteiger partial charge in [0.05, 0.1) is 6.61 Å². The van der Waals surface area contributed by atoms with Crippen LogP contribution in [0.4, 0.5) is 0 Å². The van der Waals surface area contributed by atoms with Gasteiger partial charge in [-0.1, -0.05) is 50.1 Å². The highest BCUT2D eigenvalue weighted by Gasteiger charge is 2.31. The molecular formula is C16H15Br2NO. The fourth-order valence-corrected chi connectivity index (χ4v) is 3.70. The van der Waals surface area contributed by atoms with Crippen molar-refractivity contribution in [2.24, 2.45) is 5.73 Å². The maximum atomic E-state index is 6.50. The van der Waals surface area contributed by atoms with Crippen LogP contribution in [0.3, 0.4) is 0 Å². The second kappa shape index (κ2) is 5.51. The van der Waals surface area contributed by atoms with Gasteiger partial charge in [-0.3, -0.25) is 0 Å². The largest absolute Gasteiger partial charge is 0.493 e. The molecular weight excluding hydrogens is 382 g/mol. The normalized spacial score (nSPS) is 18.5. The summed E-state index contributed by atoms with van der Waals surface area (Å²) in [5, 5.41) is 0. The Bertz CT molecular complexity index is 657. The molecule has 104 valence electrons. The summed E-state index contributed by atoms with van der Waals surface area (Å²) in [5.41, 5.74) is 10.00. The molecule has 0 bridgehead atoms. The third kappa shape index (κ3) is 2.41. The van der Waals surface area contributed by atoms with E-state index in [-0.39, 0.29) is 12.0 Å². The molecule has 2 N–H and O–H groups in total. The average Bonchev–Trinajstić information content (AvgIpc) is 2.86. The number of nitrogens with two attached hydrogens (primary N) is 1. The van der Waals surface area contributed by atoms with Gasteiger partial charge in [0.15, 0.2) is 0 Å². The summed E-state index contributed by atoms with van der Waals surface area (Å²) in [7, 11) is 0. The quantitative estimate of drug-likeness (QED) is 0.798. The van der Waals surface area contributed by atoms with Crippen LogP contribution in [0.5, 0.6) is 5.75 Å². The van der Waals surface area contributed by atoms with Crippen molar-refractivity contribution in [2.75, 3.05) is 6.61 Å². The molecule has 1 aliphatic rings. The number of benzene rings is 2. The van der Waals surface area contributed by atoms with Gasteiger partial charge in [0, 0.05) is 26.5 Å². The summed E-state index contributed by atoms with van der Waals surface area (Å²) < 4.78 is 7.87. The molecule has 20 heavy (non-hydrogen) atoms. The number of aryl methyl sites for hydroxylation is 1. The average molecular weight is 397 g/mol. The van der Waals surface area contributed by atoms with E-state index in [2.05, 4.69) is 57.0 Å². The number of hydrogen-bond donors (Lipinski definition) is 1. The maximum Gasteiger partial charge on any atom is 0.122 e. The van der Waals surface area contributed by atoms with Gasteiger partial charge >= 0.3 is 0 Å². The third-order valence-corrected chi connectivity index (χ3v) is 5.35. The second-order valence-electron chi connectivity index (χ2n) is 5.10. The van der Waals surface area contributed by atoms with E-state index >= 15 is 0 Å². The van der Waals surface area contributed by atoms with Gasteiger partial charge in [0.25, 0.3) is 0 Å². The van der Waals surface area contributed by atoms with Crippen molar-refractivity contribution in [3.8, 4) is 5.75 Å². The fourth-order valence-electron chi connectivity index (χ4n) is 2.62. The lowest BCUT2D eigenvalue weighted by atomic mass is 9.89. The summed E-state index contributed by atoms with van der Waals surface area (Å²) in [6.07, 6.45) is 0. The zero-order chi connectivity index (χ0) is 14.3. The van der Waals surface area contributed by atoms with Gasteiger partial charge in [-0.05, 0) is 36.2 Å². The van der Waals surface area contributed by atoms with E-state index in [1.807, 2.05) is 18.2 Å². The first-order valence-electron chi connectivity index (χ1n) is 6.51. The van der Waals surface area contributed by atoms with Crippen LogP contribution in [-0.4, -0.2) is 6.61 Å². The third-order valence-electron chi connectivity index (χ3n) is 3.81. The van der Waals surface area contributed by atoms with Crippen molar-refractivity contribution >= 4 is 31.9 Å². The van der Waals surface area contributed by atoms with Gasteiger partial charge in [-0.2, -0.15) is 0 Å². The summed E-state index contributed by atoms with van der Waals surface area (Å²) in [6.45, 7) is 2.70. The highest BCUT2D eigenvalue weighted by atomic mass is 79.9. The molecule has 1 heterocycles. The standard InChI is InChI=1S/C16H15Br2NO/c1-9-6-14(18)11(7-13(9)17)16(19)12-8-20-15-5-3-2-4-10(12)15/h2-7,12,16H,8,19H2,1H3.